The van der Waals surface area contributed by atoms with E-state index in [1.54, 1.807) is 12.1 Å². The highest BCUT2D eigenvalue weighted by molar-refractivity contribution is 5.86. The topological polar surface area (TPSA) is 90.9 Å². The van der Waals surface area contributed by atoms with Gasteiger partial charge in [0.1, 0.15) is 11.8 Å². The zero-order chi connectivity index (χ0) is 20.4. The predicted octanol–water partition coefficient (Wildman–Crippen LogP) is 1.82. The largest absolute Gasteiger partial charge is 0.482 e. The van der Waals surface area contributed by atoms with E-state index in [1.807, 2.05) is 49.4 Å². The van der Waals surface area contributed by atoms with Gasteiger partial charge in [0.25, 0.3) is 5.91 Å². The highest BCUT2D eigenvalue weighted by Crippen LogP contribution is 2.15. The van der Waals surface area contributed by atoms with E-state index in [9.17, 15) is 14.4 Å². The lowest BCUT2D eigenvalue weighted by atomic mass is 10.1. The molecule has 0 spiro atoms. The fourth-order valence-electron chi connectivity index (χ4n) is 2.46. The minimum Gasteiger partial charge on any atom is -0.482 e. The van der Waals surface area contributed by atoms with Crippen LogP contribution in [0.2, 0.25) is 0 Å². The molecular formula is C21H23NO6. The molecule has 28 heavy (non-hydrogen) atoms. The SMILES string of the molecule is COC(=O)[C@@H](Cc1ccccc1)NC(=O)COC(=O)COc1ccccc1C. The first kappa shape index (κ1) is 21.0. The van der Waals surface area contributed by atoms with Crippen molar-refractivity contribution in [3.63, 3.8) is 0 Å². The number of esters is 2. The third-order valence-electron chi connectivity index (χ3n) is 3.91. The van der Waals surface area contributed by atoms with Crippen LogP contribution in [-0.2, 0) is 30.3 Å². The number of hydrogen-bond donors (Lipinski definition) is 1. The quantitative estimate of drug-likeness (QED) is 0.662. The van der Waals surface area contributed by atoms with Gasteiger partial charge < -0.3 is 19.5 Å². The summed E-state index contributed by atoms with van der Waals surface area (Å²) in [6.45, 7) is 1.02. The second-order valence-corrected chi connectivity index (χ2v) is 6.05. The molecule has 0 bridgehead atoms. The Morgan fingerprint density at radius 1 is 0.964 bits per heavy atom. The highest BCUT2D eigenvalue weighted by Gasteiger charge is 2.22. The van der Waals surface area contributed by atoms with Crippen LogP contribution in [-0.4, -0.2) is 44.2 Å². The van der Waals surface area contributed by atoms with Gasteiger partial charge in [0.15, 0.2) is 13.2 Å². The van der Waals surface area contributed by atoms with Crippen LogP contribution in [0.25, 0.3) is 0 Å². The van der Waals surface area contributed by atoms with Crippen molar-refractivity contribution in [1.29, 1.82) is 0 Å². The molecule has 1 amide bonds. The first-order chi connectivity index (χ1) is 13.5. The number of aryl methyl sites for hydroxylation is 1. The molecule has 0 aliphatic rings. The van der Waals surface area contributed by atoms with E-state index in [-0.39, 0.29) is 13.0 Å². The smallest absolute Gasteiger partial charge is 0.344 e. The lowest BCUT2D eigenvalue weighted by Crippen LogP contribution is -2.44. The number of methoxy groups -OCH3 is 1. The summed E-state index contributed by atoms with van der Waals surface area (Å²) in [6, 6.07) is 15.6. The summed E-state index contributed by atoms with van der Waals surface area (Å²) in [7, 11) is 1.25. The average Bonchev–Trinajstić information content (AvgIpc) is 2.71. The molecule has 0 aromatic heterocycles. The molecule has 1 atom stereocenters. The van der Waals surface area contributed by atoms with Gasteiger partial charge in [-0.15, -0.1) is 0 Å². The Morgan fingerprint density at radius 2 is 1.64 bits per heavy atom. The number of nitrogens with one attached hydrogen (secondary N) is 1. The van der Waals surface area contributed by atoms with Crippen molar-refractivity contribution < 1.29 is 28.6 Å². The maximum atomic E-state index is 12.1. The molecule has 7 nitrogen and oxygen atoms in total. The molecular weight excluding hydrogens is 362 g/mol. The van der Waals surface area contributed by atoms with Crippen molar-refractivity contribution in [1.82, 2.24) is 5.32 Å². The summed E-state index contributed by atoms with van der Waals surface area (Å²) in [6.07, 6.45) is 0.267. The minimum atomic E-state index is -0.873. The molecule has 2 aromatic rings. The van der Waals surface area contributed by atoms with Crippen LogP contribution in [0.5, 0.6) is 5.75 Å². The van der Waals surface area contributed by atoms with Gasteiger partial charge in [-0.25, -0.2) is 9.59 Å². The summed E-state index contributed by atoms with van der Waals surface area (Å²) in [5, 5.41) is 2.52. The Kier molecular flexibility index (Phi) is 8.02. The van der Waals surface area contributed by atoms with Gasteiger partial charge in [-0.3, -0.25) is 4.79 Å². The van der Waals surface area contributed by atoms with Gasteiger partial charge in [-0.05, 0) is 24.1 Å². The van der Waals surface area contributed by atoms with E-state index in [4.69, 9.17) is 14.2 Å². The Balaban J connectivity index is 1.80. The number of ether oxygens (including phenoxy) is 3. The number of amides is 1. The fourth-order valence-corrected chi connectivity index (χ4v) is 2.46. The Bertz CT molecular complexity index is 806. The zero-order valence-corrected chi connectivity index (χ0v) is 15.8. The van der Waals surface area contributed by atoms with Crippen molar-refractivity contribution in [2.45, 2.75) is 19.4 Å². The Morgan fingerprint density at radius 3 is 2.32 bits per heavy atom. The molecule has 0 aliphatic carbocycles. The molecule has 0 unspecified atom stereocenters. The molecule has 0 saturated heterocycles. The number of benzene rings is 2. The van der Waals surface area contributed by atoms with E-state index in [0.717, 1.165) is 11.1 Å². The molecule has 0 heterocycles. The van der Waals surface area contributed by atoms with Crippen molar-refractivity contribution in [3.05, 3.63) is 65.7 Å². The molecule has 1 N–H and O–H groups in total. The second-order valence-electron chi connectivity index (χ2n) is 6.05. The summed E-state index contributed by atoms with van der Waals surface area (Å²) < 4.78 is 15.0. The summed E-state index contributed by atoms with van der Waals surface area (Å²) in [5.74, 6) is -1.30. The van der Waals surface area contributed by atoms with Crippen LogP contribution in [0.3, 0.4) is 0 Å². The van der Waals surface area contributed by atoms with Gasteiger partial charge in [0.2, 0.25) is 0 Å². The summed E-state index contributed by atoms with van der Waals surface area (Å²) in [4.78, 5) is 35.8. The molecule has 0 fully saturated rings. The van der Waals surface area contributed by atoms with Crippen LogP contribution in [0.15, 0.2) is 54.6 Å². The minimum absolute atomic E-state index is 0.267. The summed E-state index contributed by atoms with van der Waals surface area (Å²) >= 11 is 0. The molecule has 0 saturated carbocycles. The molecule has 148 valence electrons. The van der Waals surface area contributed by atoms with E-state index >= 15 is 0 Å². The van der Waals surface area contributed by atoms with E-state index in [0.29, 0.717) is 5.75 Å². The Labute approximate surface area is 163 Å². The molecule has 7 heteroatoms. The van der Waals surface area contributed by atoms with Crippen LogP contribution in [0.4, 0.5) is 0 Å². The van der Waals surface area contributed by atoms with Gasteiger partial charge in [0.05, 0.1) is 7.11 Å². The van der Waals surface area contributed by atoms with Crippen molar-refractivity contribution in [2.75, 3.05) is 20.3 Å². The first-order valence-electron chi connectivity index (χ1n) is 8.74. The number of hydrogen-bond acceptors (Lipinski definition) is 6. The second kappa shape index (κ2) is 10.7. The monoisotopic (exact) mass is 385 g/mol. The van der Waals surface area contributed by atoms with Crippen molar-refractivity contribution >= 4 is 17.8 Å². The molecule has 0 aliphatic heterocycles. The molecule has 0 radical (unpaired) electrons. The third-order valence-corrected chi connectivity index (χ3v) is 3.91. The van der Waals surface area contributed by atoms with Crippen LogP contribution < -0.4 is 10.1 Å². The molecule has 2 aromatic carbocycles. The average molecular weight is 385 g/mol. The number of para-hydroxylation sites is 1. The van der Waals surface area contributed by atoms with Gasteiger partial charge >= 0.3 is 11.9 Å². The fraction of sp³-hybridized carbons (Fsp3) is 0.286. The third kappa shape index (κ3) is 6.75. The number of carbonyl (C=O) groups is 3. The zero-order valence-electron chi connectivity index (χ0n) is 15.8. The highest BCUT2D eigenvalue weighted by atomic mass is 16.6. The van der Waals surface area contributed by atoms with Gasteiger partial charge in [0, 0.05) is 6.42 Å². The predicted molar refractivity (Wildman–Crippen MR) is 102 cm³/mol. The maximum absolute atomic E-state index is 12.1. The van der Waals surface area contributed by atoms with Crippen LogP contribution in [0.1, 0.15) is 11.1 Å². The van der Waals surface area contributed by atoms with Gasteiger partial charge in [-0.1, -0.05) is 48.5 Å². The molecule has 2 rings (SSSR count). The van der Waals surface area contributed by atoms with Crippen LogP contribution >= 0.6 is 0 Å². The Hall–Kier alpha value is -3.35. The first-order valence-corrected chi connectivity index (χ1v) is 8.74. The maximum Gasteiger partial charge on any atom is 0.344 e. The van der Waals surface area contributed by atoms with E-state index < -0.39 is 30.5 Å². The standard InChI is InChI=1S/C21H23NO6/c1-15-8-6-7-11-18(15)27-14-20(24)28-13-19(23)22-17(21(25)26-2)12-16-9-4-3-5-10-16/h3-11,17H,12-14H2,1-2H3,(H,22,23)/t17-/m1/s1. The normalized spacial score (nSPS) is 11.2. The van der Waals surface area contributed by atoms with Crippen LogP contribution in [0, 0.1) is 6.92 Å². The summed E-state index contributed by atoms with van der Waals surface area (Å²) in [5.41, 5.74) is 1.75. The lowest BCUT2D eigenvalue weighted by molar-refractivity contribution is -0.151. The van der Waals surface area contributed by atoms with Crippen molar-refractivity contribution in [2.24, 2.45) is 0 Å². The number of carbonyl (C=O) groups excluding carboxylic acids is 3. The van der Waals surface area contributed by atoms with E-state index in [2.05, 4.69) is 5.32 Å². The lowest BCUT2D eigenvalue weighted by Gasteiger charge is -2.16. The van der Waals surface area contributed by atoms with Crippen molar-refractivity contribution in [3.8, 4) is 5.75 Å². The number of rotatable bonds is 9. The van der Waals surface area contributed by atoms with Gasteiger partial charge in [-0.2, -0.15) is 0 Å². The van der Waals surface area contributed by atoms with E-state index in [1.165, 1.54) is 7.11 Å².